The Morgan fingerprint density at radius 2 is 1.96 bits per heavy atom. The van der Waals surface area contributed by atoms with Crippen molar-refractivity contribution in [3.8, 4) is 0 Å². The number of carbonyl (C=O) groups excluding carboxylic acids is 1. The van der Waals surface area contributed by atoms with E-state index in [0.717, 1.165) is 17.5 Å². The molecule has 0 unspecified atom stereocenters. The van der Waals surface area contributed by atoms with E-state index in [1.54, 1.807) is 12.1 Å². The maximum absolute atomic E-state index is 12.2. The highest BCUT2D eigenvalue weighted by atomic mass is 35.5. The van der Waals surface area contributed by atoms with Crippen LogP contribution in [0.15, 0.2) is 48.7 Å². The molecular weight excluding hydrogens is 369 g/mol. The first-order chi connectivity index (χ1) is 12.5. The number of aromatic nitrogens is 1. The molecule has 0 saturated carbocycles. The molecule has 2 N–H and O–H groups in total. The Balaban J connectivity index is 1.46. The van der Waals surface area contributed by atoms with Crippen molar-refractivity contribution in [3.63, 3.8) is 0 Å². The van der Waals surface area contributed by atoms with Gasteiger partial charge in [0.1, 0.15) is 0 Å². The smallest absolute Gasteiger partial charge is 0.234 e. The van der Waals surface area contributed by atoms with Crippen LogP contribution in [0.1, 0.15) is 11.1 Å². The summed E-state index contributed by atoms with van der Waals surface area (Å²) in [5.74, 6) is -0.00238. The molecule has 26 heavy (non-hydrogen) atoms. The molecule has 0 bridgehead atoms. The van der Waals surface area contributed by atoms with Gasteiger partial charge in [0.25, 0.3) is 0 Å². The first kappa shape index (κ1) is 18.8. The van der Waals surface area contributed by atoms with Gasteiger partial charge in [-0.15, -0.1) is 0 Å². The van der Waals surface area contributed by atoms with Crippen molar-refractivity contribution < 1.29 is 4.79 Å². The summed E-state index contributed by atoms with van der Waals surface area (Å²) in [6.45, 7) is 1.51. The van der Waals surface area contributed by atoms with Gasteiger partial charge in [-0.2, -0.15) is 0 Å². The lowest BCUT2D eigenvalue weighted by Gasteiger charge is -2.17. The number of nitrogens with zero attached hydrogens (tertiary/aromatic N) is 1. The van der Waals surface area contributed by atoms with Crippen molar-refractivity contribution in [1.82, 2.24) is 15.2 Å². The Morgan fingerprint density at radius 3 is 2.77 bits per heavy atom. The summed E-state index contributed by atoms with van der Waals surface area (Å²) < 4.78 is 0. The van der Waals surface area contributed by atoms with E-state index in [-0.39, 0.29) is 5.91 Å². The number of H-pyrrole nitrogens is 1. The summed E-state index contributed by atoms with van der Waals surface area (Å²) in [5.41, 5.74) is 3.28. The van der Waals surface area contributed by atoms with E-state index in [4.69, 9.17) is 23.2 Å². The van der Waals surface area contributed by atoms with Gasteiger partial charge in [0, 0.05) is 40.2 Å². The average Bonchev–Trinajstić information content (AvgIpc) is 3.01. The molecule has 4 nitrogen and oxygen atoms in total. The first-order valence-electron chi connectivity index (χ1n) is 8.47. The standard InChI is InChI=1S/C20H21Cl2N3O/c1-25(12-15-6-7-16(21)10-18(15)22)13-20(26)23-9-8-14-11-24-19-5-3-2-4-17(14)19/h2-7,10-11,24H,8-9,12-13H2,1H3,(H,23,26). The normalized spacial score (nSPS) is 11.2. The van der Waals surface area contributed by atoms with Crippen molar-refractivity contribution in [2.75, 3.05) is 20.1 Å². The van der Waals surface area contributed by atoms with Gasteiger partial charge in [-0.3, -0.25) is 9.69 Å². The van der Waals surface area contributed by atoms with Crippen LogP contribution in [0.2, 0.25) is 10.0 Å². The average molecular weight is 390 g/mol. The summed E-state index contributed by atoms with van der Waals surface area (Å²) >= 11 is 12.1. The lowest BCUT2D eigenvalue weighted by Crippen LogP contribution is -2.35. The fourth-order valence-corrected chi connectivity index (χ4v) is 3.44. The summed E-state index contributed by atoms with van der Waals surface area (Å²) in [6, 6.07) is 13.6. The molecule has 0 atom stereocenters. The number of benzene rings is 2. The summed E-state index contributed by atoms with van der Waals surface area (Å²) in [5, 5.41) is 5.41. The number of nitrogens with one attached hydrogen (secondary N) is 2. The van der Waals surface area contributed by atoms with Crippen molar-refractivity contribution in [1.29, 1.82) is 0 Å². The lowest BCUT2D eigenvalue weighted by molar-refractivity contribution is -0.122. The summed E-state index contributed by atoms with van der Waals surface area (Å²) in [4.78, 5) is 17.3. The molecule has 0 aliphatic rings. The van der Waals surface area contributed by atoms with E-state index in [9.17, 15) is 4.79 Å². The Labute approximate surface area is 163 Å². The van der Waals surface area contributed by atoms with Crippen LogP contribution in [0.25, 0.3) is 10.9 Å². The number of para-hydroxylation sites is 1. The number of hydrogen-bond acceptors (Lipinski definition) is 2. The topological polar surface area (TPSA) is 48.1 Å². The molecule has 1 heterocycles. The van der Waals surface area contributed by atoms with Gasteiger partial charge >= 0.3 is 0 Å². The third-order valence-corrected chi connectivity index (χ3v) is 4.85. The molecule has 0 saturated heterocycles. The minimum Gasteiger partial charge on any atom is -0.361 e. The fraction of sp³-hybridized carbons (Fsp3) is 0.250. The van der Waals surface area contributed by atoms with Crippen molar-refractivity contribution in [3.05, 3.63) is 69.8 Å². The van der Waals surface area contributed by atoms with Crippen LogP contribution in [0.3, 0.4) is 0 Å². The molecule has 0 fully saturated rings. The van der Waals surface area contributed by atoms with Crippen molar-refractivity contribution in [2.24, 2.45) is 0 Å². The third kappa shape index (κ3) is 4.79. The van der Waals surface area contributed by atoms with Crippen molar-refractivity contribution in [2.45, 2.75) is 13.0 Å². The van der Waals surface area contributed by atoms with Gasteiger partial charge in [-0.05, 0) is 42.8 Å². The molecule has 3 rings (SSSR count). The molecule has 0 aliphatic heterocycles. The number of fused-ring (bicyclic) bond motifs is 1. The summed E-state index contributed by atoms with van der Waals surface area (Å²) in [6.07, 6.45) is 2.80. The second-order valence-electron chi connectivity index (χ2n) is 6.37. The summed E-state index contributed by atoms with van der Waals surface area (Å²) in [7, 11) is 1.89. The van der Waals surface area contributed by atoms with Crippen LogP contribution in [0, 0.1) is 0 Å². The second-order valence-corrected chi connectivity index (χ2v) is 7.21. The Morgan fingerprint density at radius 1 is 1.15 bits per heavy atom. The molecule has 2 aromatic carbocycles. The van der Waals surface area contributed by atoms with E-state index in [1.165, 1.54) is 10.9 Å². The molecule has 1 aromatic heterocycles. The SMILES string of the molecule is CN(CC(=O)NCCc1c[nH]c2ccccc12)Cc1ccc(Cl)cc1Cl. The number of hydrogen-bond donors (Lipinski definition) is 2. The van der Waals surface area contributed by atoms with E-state index in [0.29, 0.717) is 29.7 Å². The molecule has 136 valence electrons. The van der Waals surface area contributed by atoms with Crippen LogP contribution in [0.4, 0.5) is 0 Å². The molecule has 1 amide bonds. The lowest BCUT2D eigenvalue weighted by atomic mass is 10.1. The predicted octanol–water partition coefficient (Wildman–Crippen LogP) is 4.27. The highest BCUT2D eigenvalue weighted by Gasteiger charge is 2.10. The van der Waals surface area contributed by atoms with E-state index < -0.39 is 0 Å². The Bertz CT molecular complexity index is 907. The number of halogens is 2. The second kappa shape index (κ2) is 8.58. The maximum Gasteiger partial charge on any atom is 0.234 e. The fourth-order valence-electron chi connectivity index (χ4n) is 2.97. The van der Waals surface area contributed by atoms with Crippen LogP contribution >= 0.6 is 23.2 Å². The van der Waals surface area contributed by atoms with Crippen LogP contribution < -0.4 is 5.32 Å². The highest BCUT2D eigenvalue weighted by molar-refractivity contribution is 6.35. The zero-order chi connectivity index (χ0) is 18.5. The van der Waals surface area contributed by atoms with Gasteiger partial charge < -0.3 is 10.3 Å². The maximum atomic E-state index is 12.2. The largest absolute Gasteiger partial charge is 0.361 e. The van der Waals surface area contributed by atoms with Gasteiger partial charge in [-0.25, -0.2) is 0 Å². The van der Waals surface area contributed by atoms with Crippen LogP contribution in [-0.2, 0) is 17.8 Å². The van der Waals surface area contributed by atoms with Gasteiger partial charge in [-0.1, -0.05) is 47.5 Å². The van der Waals surface area contributed by atoms with Crippen LogP contribution in [0.5, 0.6) is 0 Å². The molecule has 3 aromatic rings. The quantitative estimate of drug-likeness (QED) is 0.633. The highest BCUT2D eigenvalue weighted by Crippen LogP contribution is 2.22. The van der Waals surface area contributed by atoms with E-state index in [1.807, 2.05) is 42.4 Å². The number of aromatic amines is 1. The van der Waals surface area contributed by atoms with Gasteiger partial charge in [0.2, 0.25) is 5.91 Å². The zero-order valence-electron chi connectivity index (χ0n) is 14.6. The number of carbonyl (C=O) groups is 1. The molecule has 0 spiro atoms. The molecule has 6 heteroatoms. The molecule has 0 aliphatic carbocycles. The van der Waals surface area contributed by atoms with Crippen LogP contribution in [-0.4, -0.2) is 35.9 Å². The number of rotatable bonds is 7. The third-order valence-electron chi connectivity index (χ3n) is 4.26. The van der Waals surface area contributed by atoms with Gasteiger partial charge in [0.05, 0.1) is 6.54 Å². The first-order valence-corrected chi connectivity index (χ1v) is 9.22. The minimum absolute atomic E-state index is 0.00238. The minimum atomic E-state index is -0.00238. The Kier molecular flexibility index (Phi) is 6.20. The molecule has 0 radical (unpaired) electrons. The predicted molar refractivity (Wildman–Crippen MR) is 108 cm³/mol. The van der Waals surface area contributed by atoms with E-state index >= 15 is 0 Å². The van der Waals surface area contributed by atoms with Crippen molar-refractivity contribution >= 4 is 40.0 Å². The monoisotopic (exact) mass is 389 g/mol. The van der Waals surface area contributed by atoms with Gasteiger partial charge in [0.15, 0.2) is 0 Å². The zero-order valence-corrected chi connectivity index (χ0v) is 16.1. The number of amides is 1. The Hall–Kier alpha value is -2.01. The van der Waals surface area contributed by atoms with E-state index in [2.05, 4.69) is 16.4 Å². The number of likely N-dealkylation sites (N-methyl/N-ethyl adjacent to an activating group) is 1. The molecular formula is C20H21Cl2N3O.